The molecule has 0 aliphatic rings. The maximum Gasteiger partial charge on any atom is 0.344 e. The number of fused-ring (bicyclic) bond motifs is 2. The maximum absolute atomic E-state index is 12.6. The molecule has 0 aromatic carbocycles. The van der Waals surface area contributed by atoms with Gasteiger partial charge in [-0.25, -0.2) is 24.3 Å². The Labute approximate surface area is 150 Å². The van der Waals surface area contributed by atoms with Gasteiger partial charge in [0.25, 0.3) is 0 Å². The van der Waals surface area contributed by atoms with Crippen molar-refractivity contribution in [3.05, 3.63) is 52.3 Å². The number of aromatic nitrogens is 6. The molecule has 0 saturated carbocycles. The van der Waals surface area contributed by atoms with Gasteiger partial charge in [-0.05, 0) is 41.9 Å². The summed E-state index contributed by atoms with van der Waals surface area (Å²) in [6.45, 7) is 3.50. The lowest BCUT2D eigenvalue weighted by Gasteiger charge is -2.10. The molecule has 4 heterocycles. The number of carbonyl (C=O) groups excluding carboxylic acids is 1. The molecular formula is C16H13BrN6O2. The van der Waals surface area contributed by atoms with Crippen LogP contribution in [-0.2, 0) is 4.74 Å². The molecule has 4 aromatic rings. The fraction of sp³-hybridized carbons (Fsp3) is 0.188. The average Bonchev–Trinajstić information content (AvgIpc) is 3.14. The lowest BCUT2D eigenvalue weighted by Crippen LogP contribution is -2.11. The number of pyridine rings is 1. The zero-order valence-electron chi connectivity index (χ0n) is 13.4. The first kappa shape index (κ1) is 15.7. The smallest absolute Gasteiger partial charge is 0.344 e. The summed E-state index contributed by atoms with van der Waals surface area (Å²) in [6, 6.07) is 3.61. The summed E-state index contributed by atoms with van der Waals surface area (Å²) in [5.41, 5.74) is 2.71. The number of nitrogens with zero attached hydrogens (tertiary/aromatic N) is 5. The van der Waals surface area contributed by atoms with Crippen LogP contribution in [0.3, 0.4) is 0 Å². The number of aryl methyl sites for hydroxylation is 1. The topological polar surface area (TPSA) is 98.1 Å². The molecule has 25 heavy (non-hydrogen) atoms. The van der Waals surface area contributed by atoms with Crippen LogP contribution in [0.1, 0.15) is 34.9 Å². The zero-order chi connectivity index (χ0) is 17.6. The molecule has 9 heteroatoms. The highest BCUT2D eigenvalue weighted by Crippen LogP contribution is 2.22. The van der Waals surface area contributed by atoms with E-state index in [9.17, 15) is 4.79 Å². The number of ether oxygens (including phenoxy) is 1. The minimum absolute atomic E-state index is 0.351. The Morgan fingerprint density at radius 2 is 2.24 bits per heavy atom. The van der Waals surface area contributed by atoms with Crippen molar-refractivity contribution in [1.82, 2.24) is 29.5 Å². The molecule has 8 nitrogen and oxygen atoms in total. The third-order valence-electron chi connectivity index (χ3n) is 3.77. The number of hydrogen-bond acceptors (Lipinski definition) is 6. The van der Waals surface area contributed by atoms with Gasteiger partial charge in [-0.1, -0.05) is 0 Å². The van der Waals surface area contributed by atoms with Gasteiger partial charge >= 0.3 is 5.97 Å². The van der Waals surface area contributed by atoms with Crippen molar-refractivity contribution >= 4 is 38.7 Å². The zero-order valence-corrected chi connectivity index (χ0v) is 15.0. The van der Waals surface area contributed by atoms with Gasteiger partial charge in [0.1, 0.15) is 11.4 Å². The van der Waals surface area contributed by atoms with E-state index in [1.54, 1.807) is 43.0 Å². The van der Waals surface area contributed by atoms with Crippen LogP contribution in [-0.4, -0.2) is 35.5 Å². The van der Waals surface area contributed by atoms with Crippen molar-refractivity contribution in [3.63, 3.8) is 0 Å². The van der Waals surface area contributed by atoms with Gasteiger partial charge in [0.2, 0.25) is 0 Å². The summed E-state index contributed by atoms with van der Waals surface area (Å²) in [7, 11) is 0. The molecule has 0 spiro atoms. The first-order valence-electron chi connectivity index (χ1n) is 7.55. The van der Waals surface area contributed by atoms with Crippen LogP contribution in [0.4, 0.5) is 0 Å². The van der Waals surface area contributed by atoms with Crippen LogP contribution in [0.25, 0.3) is 16.8 Å². The van der Waals surface area contributed by atoms with Crippen LogP contribution >= 0.6 is 15.9 Å². The summed E-state index contributed by atoms with van der Waals surface area (Å²) in [5, 5.41) is 4.27. The minimum atomic E-state index is -0.571. The first-order valence-corrected chi connectivity index (χ1v) is 8.34. The number of carbonyl (C=O) groups is 1. The van der Waals surface area contributed by atoms with Crippen LogP contribution in [0.2, 0.25) is 0 Å². The molecule has 0 aliphatic heterocycles. The van der Waals surface area contributed by atoms with E-state index >= 15 is 0 Å². The number of hydrogen-bond donors (Lipinski definition) is 1. The number of aromatic amines is 1. The molecule has 0 saturated heterocycles. The highest BCUT2D eigenvalue weighted by atomic mass is 79.9. The van der Waals surface area contributed by atoms with Crippen LogP contribution < -0.4 is 0 Å². The molecule has 0 fully saturated rings. The Hall–Kier alpha value is -2.81. The second-order valence-corrected chi connectivity index (χ2v) is 6.46. The van der Waals surface area contributed by atoms with E-state index in [0.29, 0.717) is 28.4 Å². The van der Waals surface area contributed by atoms with E-state index < -0.39 is 12.1 Å². The third kappa shape index (κ3) is 2.76. The summed E-state index contributed by atoms with van der Waals surface area (Å²) in [4.78, 5) is 28.5. The Morgan fingerprint density at radius 3 is 3.08 bits per heavy atom. The van der Waals surface area contributed by atoms with E-state index in [4.69, 9.17) is 4.74 Å². The van der Waals surface area contributed by atoms with Crippen LogP contribution in [0.5, 0.6) is 0 Å². The van der Waals surface area contributed by atoms with Gasteiger partial charge in [-0.3, -0.25) is 0 Å². The van der Waals surface area contributed by atoms with Crippen molar-refractivity contribution in [2.75, 3.05) is 0 Å². The number of imidazole rings is 1. The molecule has 0 aliphatic carbocycles. The van der Waals surface area contributed by atoms with Gasteiger partial charge in [0.15, 0.2) is 17.4 Å². The quantitative estimate of drug-likeness (QED) is 0.530. The minimum Gasteiger partial charge on any atom is -0.451 e. The average molecular weight is 401 g/mol. The van der Waals surface area contributed by atoms with E-state index in [1.165, 1.54) is 0 Å². The fourth-order valence-corrected chi connectivity index (χ4v) is 2.93. The summed E-state index contributed by atoms with van der Waals surface area (Å²) >= 11 is 3.36. The predicted molar refractivity (Wildman–Crippen MR) is 93.1 cm³/mol. The molecule has 4 rings (SSSR count). The second kappa shape index (κ2) is 5.92. The number of halogens is 1. The van der Waals surface area contributed by atoms with Gasteiger partial charge in [-0.2, -0.15) is 5.10 Å². The SMILES string of the molecule is Cc1nn2cccnc2c1C(=O)OC(C)c1nc2ncc(Br)cc2[nH]1. The third-order valence-corrected chi connectivity index (χ3v) is 4.20. The van der Waals surface area contributed by atoms with Crippen molar-refractivity contribution in [1.29, 1.82) is 0 Å². The normalized spacial score (nSPS) is 12.6. The van der Waals surface area contributed by atoms with Gasteiger partial charge in [0, 0.05) is 23.1 Å². The largest absolute Gasteiger partial charge is 0.451 e. The Balaban J connectivity index is 1.63. The number of esters is 1. The van der Waals surface area contributed by atoms with E-state index in [1.807, 2.05) is 6.07 Å². The molecule has 4 aromatic heterocycles. The van der Waals surface area contributed by atoms with Gasteiger partial charge in [-0.15, -0.1) is 0 Å². The van der Waals surface area contributed by atoms with E-state index in [2.05, 4.69) is 41.0 Å². The summed E-state index contributed by atoms with van der Waals surface area (Å²) < 4.78 is 7.96. The van der Waals surface area contributed by atoms with Crippen molar-refractivity contribution < 1.29 is 9.53 Å². The Morgan fingerprint density at radius 1 is 1.40 bits per heavy atom. The molecule has 1 atom stereocenters. The molecule has 0 amide bonds. The molecule has 0 bridgehead atoms. The molecule has 0 radical (unpaired) electrons. The Kier molecular flexibility index (Phi) is 3.72. The van der Waals surface area contributed by atoms with Crippen molar-refractivity contribution in [3.8, 4) is 0 Å². The van der Waals surface area contributed by atoms with Crippen LogP contribution in [0, 0.1) is 6.92 Å². The lowest BCUT2D eigenvalue weighted by molar-refractivity contribution is 0.0323. The number of rotatable bonds is 3. The second-order valence-electron chi connectivity index (χ2n) is 5.54. The van der Waals surface area contributed by atoms with Gasteiger partial charge < -0.3 is 9.72 Å². The lowest BCUT2D eigenvalue weighted by atomic mass is 10.2. The summed E-state index contributed by atoms with van der Waals surface area (Å²) in [5.74, 6) is 0.0318. The van der Waals surface area contributed by atoms with Crippen LogP contribution in [0.15, 0.2) is 35.2 Å². The monoisotopic (exact) mass is 400 g/mol. The summed E-state index contributed by atoms with van der Waals surface area (Å²) in [6.07, 6.45) is 4.44. The van der Waals surface area contributed by atoms with Crippen molar-refractivity contribution in [2.24, 2.45) is 0 Å². The molecule has 1 N–H and O–H groups in total. The highest BCUT2D eigenvalue weighted by Gasteiger charge is 2.23. The molecular weight excluding hydrogens is 388 g/mol. The van der Waals surface area contributed by atoms with E-state index in [-0.39, 0.29) is 0 Å². The van der Waals surface area contributed by atoms with Crippen molar-refractivity contribution in [2.45, 2.75) is 20.0 Å². The van der Waals surface area contributed by atoms with E-state index in [0.717, 1.165) is 9.99 Å². The molecule has 1 unspecified atom stereocenters. The Bertz CT molecular complexity index is 1100. The number of nitrogens with one attached hydrogen (secondary N) is 1. The standard InChI is InChI=1S/C16H13BrN6O2/c1-8-12(15-18-4-3-5-23(15)22-8)16(24)25-9(2)13-20-11-6-10(17)7-19-14(11)21-13/h3-7,9H,1-2H3,(H,19,20,21). The predicted octanol–water partition coefficient (Wildman–Crippen LogP) is 2.99. The first-order chi connectivity index (χ1) is 12.0. The maximum atomic E-state index is 12.6. The highest BCUT2D eigenvalue weighted by molar-refractivity contribution is 9.10. The van der Waals surface area contributed by atoms with Gasteiger partial charge in [0.05, 0.1) is 11.2 Å². The molecule has 126 valence electrons. The fourth-order valence-electron chi connectivity index (χ4n) is 2.60. The number of H-pyrrole nitrogens is 1.